The molecular formula is C17H18N2O6. The second-order valence-corrected chi connectivity index (χ2v) is 5.05. The molecule has 2 aromatic carbocycles. The van der Waals surface area contributed by atoms with E-state index in [1.165, 1.54) is 31.4 Å². The normalized spacial score (nSPS) is 10.2. The molecule has 25 heavy (non-hydrogen) atoms. The van der Waals surface area contributed by atoms with Crippen molar-refractivity contribution < 1.29 is 24.3 Å². The van der Waals surface area contributed by atoms with Crippen molar-refractivity contribution in [2.24, 2.45) is 0 Å². The van der Waals surface area contributed by atoms with Crippen molar-refractivity contribution in [2.45, 2.75) is 13.5 Å². The maximum atomic E-state index is 12.3. The Labute approximate surface area is 144 Å². The number of carbonyl (C=O) groups is 1. The number of nitrogens with one attached hydrogen (secondary N) is 1. The molecule has 0 atom stereocenters. The van der Waals surface area contributed by atoms with Crippen molar-refractivity contribution in [3.63, 3.8) is 0 Å². The van der Waals surface area contributed by atoms with E-state index in [9.17, 15) is 20.0 Å². The monoisotopic (exact) mass is 346 g/mol. The molecule has 2 aromatic rings. The summed E-state index contributed by atoms with van der Waals surface area (Å²) in [5, 5.41) is 23.2. The van der Waals surface area contributed by atoms with Crippen molar-refractivity contribution in [2.75, 3.05) is 13.7 Å². The molecule has 1 amide bonds. The van der Waals surface area contributed by atoms with Gasteiger partial charge in [-0.05, 0) is 31.2 Å². The highest BCUT2D eigenvalue weighted by molar-refractivity contribution is 5.94. The summed E-state index contributed by atoms with van der Waals surface area (Å²) >= 11 is 0. The number of hydrogen-bond donors (Lipinski definition) is 2. The van der Waals surface area contributed by atoms with E-state index >= 15 is 0 Å². The molecule has 0 unspecified atom stereocenters. The summed E-state index contributed by atoms with van der Waals surface area (Å²) < 4.78 is 10.6. The first kappa shape index (κ1) is 18.1. The molecule has 0 spiro atoms. The Morgan fingerprint density at radius 1 is 1.24 bits per heavy atom. The molecule has 0 aliphatic rings. The first-order chi connectivity index (χ1) is 12.0. The second kappa shape index (κ2) is 8.00. The molecule has 0 aliphatic carbocycles. The quantitative estimate of drug-likeness (QED) is 0.589. The van der Waals surface area contributed by atoms with Crippen molar-refractivity contribution in [1.82, 2.24) is 5.32 Å². The number of benzene rings is 2. The highest BCUT2D eigenvalue weighted by atomic mass is 16.6. The lowest BCUT2D eigenvalue weighted by molar-refractivity contribution is -0.384. The van der Waals surface area contributed by atoms with Crippen LogP contribution in [-0.4, -0.2) is 29.7 Å². The number of nitro groups is 1. The summed E-state index contributed by atoms with van der Waals surface area (Å²) in [7, 11) is 1.47. The van der Waals surface area contributed by atoms with Crippen LogP contribution >= 0.6 is 0 Å². The standard InChI is InChI=1S/C17H18N2O6/c1-3-25-15-7-4-11(9-16(15)24-2)17(21)18-10-12-8-13(19(22)23)5-6-14(12)20/h4-9,20H,3,10H2,1-2H3,(H,18,21). The third-order valence-corrected chi connectivity index (χ3v) is 3.44. The fraction of sp³-hybridized carbons (Fsp3) is 0.235. The first-order valence-corrected chi connectivity index (χ1v) is 7.51. The van der Waals surface area contributed by atoms with Gasteiger partial charge < -0.3 is 19.9 Å². The number of non-ortho nitro benzene ring substituents is 1. The van der Waals surface area contributed by atoms with Gasteiger partial charge in [0.1, 0.15) is 5.75 Å². The molecule has 132 valence electrons. The number of amides is 1. The van der Waals surface area contributed by atoms with Gasteiger partial charge in [0.2, 0.25) is 0 Å². The van der Waals surface area contributed by atoms with Gasteiger partial charge in [0.15, 0.2) is 11.5 Å². The number of aromatic hydroxyl groups is 1. The summed E-state index contributed by atoms with van der Waals surface area (Å²) in [4.78, 5) is 22.5. The average molecular weight is 346 g/mol. The highest BCUT2D eigenvalue weighted by Gasteiger charge is 2.14. The first-order valence-electron chi connectivity index (χ1n) is 7.51. The molecule has 0 aromatic heterocycles. The van der Waals surface area contributed by atoms with Crippen LogP contribution in [0.3, 0.4) is 0 Å². The minimum atomic E-state index is -0.567. The van der Waals surface area contributed by atoms with Gasteiger partial charge in [0.05, 0.1) is 18.6 Å². The van der Waals surface area contributed by atoms with Gasteiger partial charge in [-0.1, -0.05) is 0 Å². The van der Waals surface area contributed by atoms with Crippen LogP contribution in [0.2, 0.25) is 0 Å². The number of hydrogen-bond acceptors (Lipinski definition) is 6. The van der Waals surface area contributed by atoms with E-state index in [1.54, 1.807) is 12.1 Å². The smallest absolute Gasteiger partial charge is 0.270 e. The zero-order chi connectivity index (χ0) is 18.4. The van der Waals surface area contributed by atoms with E-state index < -0.39 is 10.8 Å². The van der Waals surface area contributed by atoms with E-state index in [0.29, 0.717) is 23.7 Å². The topological polar surface area (TPSA) is 111 Å². The Hall–Kier alpha value is -3.29. The number of phenols is 1. The molecule has 0 radical (unpaired) electrons. The fourth-order valence-electron chi connectivity index (χ4n) is 2.19. The molecule has 2 N–H and O–H groups in total. The summed E-state index contributed by atoms with van der Waals surface area (Å²) in [5.41, 5.74) is 0.426. The van der Waals surface area contributed by atoms with Gasteiger partial charge in [-0.3, -0.25) is 14.9 Å². The predicted molar refractivity (Wildman–Crippen MR) is 90.1 cm³/mol. The van der Waals surface area contributed by atoms with Gasteiger partial charge in [-0.15, -0.1) is 0 Å². The lowest BCUT2D eigenvalue weighted by atomic mass is 10.1. The maximum absolute atomic E-state index is 12.3. The second-order valence-electron chi connectivity index (χ2n) is 5.05. The van der Waals surface area contributed by atoms with Crippen LogP contribution in [0.25, 0.3) is 0 Å². The highest BCUT2D eigenvalue weighted by Crippen LogP contribution is 2.28. The zero-order valence-electron chi connectivity index (χ0n) is 13.8. The van der Waals surface area contributed by atoms with Crippen LogP contribution in [0.4, 0.5) is 5.69 Å². The van der Waals surface area contributed by atoms with E-state index in [1.807, 2.05) is 6.92 Å². The van der Waals surface area contributed by atoms with E-state index in [0.717, 1.165) is 0 Å². The number of carbonyl (C=O) groups excluding carboxylic acids is 1. The van der Waals surface area contributed by atoms with Gasteiger partial charge in [0.25, 0.3) is 11.6 Å². The van der Waals surface area contributed by atoms with Gasteiger partial charge in [0, 0.05) is 29.8 Å². The number of phenolic OH excluding ortho intramolecular Hbond substituents is 1. The van der Waals surface area contributed by atoms with Crippen LogP contribution in [0.15, 0.2) is 36.4 Å². The molecule has 8 nitrogen and oxygen atoms in total. The Morgan fingerprint density at radius 2 is 2.00 bits per heavy atom. The number of rotatable bonds is 7. The van der Waals surface area contributed by atoms with E-state index in [-0.39, 0.29) is 23.5 Å². The van der Waals surface area contributed by atoms with Crippen LogP contribution in [0, 0.1) is 10.1 Å². The Balaban J connectivity index is 2.13. The van der Waals surface area contributed by atoms with Crippen molar-refractivity contribution >= 4 is 11.6 Å². The molecule has 2 rings (SSSR count). The molecule has 0 saturated carbocycles. The van der Waals surface area contributed by atoms with Crippen LogP contribution in [0.5, 0.6) is 17.2 Å². The van der Waals surface area contributed by atoms with E-state index in [4.69, 9.17) is 9.47 Å². The average Bonchev–Trinajstić information content (AvgIpc) is 2.61. The minimum Gasteiger partial charge on any atom is -0.508 e. The van der Waals surface area contributed by atoms with Crippen LogP contribution < -0.4 is 14.8 Å². The molecule has 0 heterocycles. The van der Waals surface area contributed by atoms with Crippen molar-refractivity contribution in [3.05, 3.63) is 57.6 Å². The number of nitrogens with zero attached hydrogens (tertiary/aromatic N) is 1. The molecule has 0 bridgehead atoms. The zero-order valence-corrected chi connectivity index (χ0v) is 13.8. The lowest BCUT2D eigenvalue weighted by Crippen LogP contribution is -2.23. The van der Waals surface area contributed by atoms with Crippen molar-refractivity contribution in [3.8, 4) is 17.2 Å². The maximum Gasteiger partial charge on any atom is 0.270 e. The van der Waals surface area contributed by atoms with Crippen LogP contribution in [-0.2, 0) is 6.54 Å². The van der Waals surface area contributed by atoms with Gasteiger partial charge in [-0.2, -0.15) is 0 Å². The predicted octanol–water partition coefficient (Wildman–Crippen LogP) is 2.64. The molecular weight excluding hydrogens is 328 g/mol. The van der Waals surface area contributed by atoms with E-state index in [2.05, 4.69) is 5.32 Å². The SMILES string of the molecule is CCOc1ccc(C(=O)NCc2cc([N+](=O)[O-])ccc2O)cc1OC. The molecule has 0 saturated heterocycles. The summed E-state index contributed by atoms with van der Waals surface area (Å²) in [6.07, 6.45) is 0. The van der Waals surface area contributed by atoms with Gasteiger partial charge in [-0.25, -0.2) is 0 Å². The lowest BCUT2D eigenvalue weighted by Gasteiger charge is -2.11. The third-order valence-electron chi connectivity index (χ3n) is 3.44. The fourth-order valence-corrected chi connectivity index (χ4v) is 2.19. The Bertz CT molecular complexity index is 791. The molecule has 0 aliphatic heterocycles. The Morgan fingerprint density at radius 3 is 2.64 bits per heavy atom. The van der Waals surface area contributed by atoms with Crippen LogP contribution in [0.1, 0.15) is 22.8 Å². The minimum absolute atomic E-state index is 0.0537. The number of ether oxygens (including phenoxy) is 2. The third kappa shape index (κ3) is 4.37. The number of nitro benzene ring substituents is 1. The number of methoxy groups -OCH3 is 1. The summed E-state index contributed by atoms with van der Waals surface area (Å²) in [6.45, 7) is 2.25. The molecule has 8 heteroatoms. The molecule has 0 fully saturated rings. The van der Waals surface area contributed by atoms with Gasteiger partial charge >= 0.3 is 0 Å². The Kier molecular flexibility index (Phi) is 5.78. The van der Waals surface area contributed by atoms with Crippen molar-refractivity contribution in [1.29, 1.82) is 0 Å². The summed E-state index contributed by atoms with van der Waals surface area (Å²) in [6, 6.07) is 8.37. The largest absolute Gasteiger partial charge is 0.508 e. The summed E-state index contributed by atoms with van der Waals surface area (Å²) in [5.74, 6) is 0.410.